The summed E-state index contributed by atoms with van der Waals surface area (Å²) in [4.78, 5) is 21.1. The number of hydrogen-bond acceptors (Lipinski definition) is 3. The van der Waals surface area contributed by atoms with Crippen molar-refractivity contribution in [1.29, 1.82) is 0 Å². The molecule has 0 spiro atoms. The Hall–Kier alpha value is -1.59. The third-order valence-electron chi connectivity index (χ3n) is 2.61. The third kappa shape index (κ3) is 8.24. The van der Waals surface area contributed by atoms with Gasteiger partial charge in [0, 0.05) is 12.1 Å². The molecule has 2 amide bonds. The van der Waals surface area contributed by atoms with Crippen LogP contribution in [0.1, 0.15) is 40.0 Å². The quantitative estimate of drug-likeness (QED) is 0.466. The molecular formula is C11H21N3O3. The van der Waals surface area contributed by atoms with Crippen LogP contribution in [0.5, 0.6) is 0 Å². The van der Waals surface area contributed by atoms with Crippen molar-refractivity contribution in [2.75, 3.05) is 0 Å². The number of carbonyl (C=O) groups excluding carboxylic acids is 1. The van der Waals surface area contributed by atoms with E-state index in [0.717, 1.165) is 12.1 Å². The number of amides is 2. The Labute approximate surface area is 101 Å². The number of nitrogens with zero attached hydrogens (tertiary/aromatic N) is 1. The minimum Gasteiger partial charge on any atom is -0.481 e. The van der Waals surface area contributed by atoms with E-state index in [1.165, 1.54) is 0 Å². The van der Waals surface area contributed by atoms with Gasteiger partial charge in [-0.15, -0.1) is 0 Å². The van der Waals surface area contributed by atoms with Gasteiger partial charge in [0.2, 0.25) is 0 Å². The second-order valence-electron chi connectivity index (χ2n) is 4.46. The molecular weight excluding hydrogens is 222 g/mol. The van der Waals surface area contributed by atoms with Crippen LogP contribution in [0.25, 0.3) is 0 Å². The van der Waals surface area contributed by atoms with Gasteiger partial charge in [0.15, 0.2) is 0 Å². The van der Waals surface area contributed by atoms with Crippen LogP contribution in [0.15, 0.2) is 5.10 Å². The Morgan fingerprint density at radius 1 is 1.41 bits per heavy atom. The van der Waals surface area contributed by atoms with Crippen LogP contribution in [0.2, 0.25) is 0 Å². The second-order valence-corrected chi connectivity index (χ2v) is 4.46. The highest BCUT2D eigenvalue weighted by Crippen LogP contribution is 2.21. The second kappa shape index (κ2) is 7.65. The summed E-state index contributed by atoms with van der Waals surface area (Å²) in [6, 6.07) is -0.699. The molecule has 98 valence electrons. The van der Waals surface area contributed by atoms with Gasteiger partial charge < -0.3 is 10.8 Å². The van der Waals surface area contributed by atoms with E-state index in [4.69, 9.17) is 10.8 Å². The maximum atomic E-state index is 10.7. The van der Waals surface area contributed by atoms with Gasteiger partial charge in [-0.05, 0) is 31.6 Å². The first kappa shape index (κ1) is 15.4. The molecule has 4 N–H and O–H groups in total. The predicted octanol–water partition coefficient (Wildman–Crippen LogP) is 1.56. The SMILES string of the molecule is C/C(CC[C@H](CC(=O)O)C(C)C)=N/NC(N)=O. The normalized spacial score (nSPS) is 13.5. The fraction of sp³-hybridized carbons (Fsp3) is 0.727. The zero-order valence-electron chi connectivity index (χ0n) is 10.6. The Morgan fingerprint density at radius 3 is 2.41 bits per heavy atom. The van der Waals surface area contributed by atoms with Crippen molar-refractivity contribution in [3.8, 4) is 0 Å². The highest BCUT2D eigenvalue weighted by molar-refractivity contribution is 5.83. The van der Waals surface area contributed by atoms with Crippen LogP contribution < -0.4 is 11.2 Å². The molecule has 0 aliphatic rings. The van der Waals surface area contributed by atoms with Gasteiger partial charge in [0.05, 0.1) is 0 Å². The number of carboxylic acid groups (broad SMARTS) is 1. The molecule has 0 saturated carbocycles. The average molecular weight is 243 g/mol. The molecule has 6 nitrogen and oxygen atoms in total. The Balaban J connectivity index is 4.16. The third-order valence-corrected chi connectivity index (χ3v) is 2.61. The zero-order chi connectivity index (χ0) is 13.4. The highest BCUT2D eigenvalue weighted by atomic mass is 16.4. The average Bonchev–Trinajstić information content (AvgIpc) is 2.20. The Kier molecular flexibility index (Phi) is 6.93. The van der Waals surface area contributed by atoms with E-state index in [-0.39, 0.29) is 12.3 Å². The van der Waals surface area contributed by atoms with E-state index in [9.17, 15) is 9.59 Å². The number of primary amides is 1. The number of hydrogen-bond donors (Lipinski definition) is 3. The van der Waals surface area contributed by atoms with Gasteiger partial charge in [-0.2, -0.15) is 5.10 Å². The number of carbonyl (C=O) groups is 2. The molecule has 0 aromatic carbocycles. The van der Waals surface area contributed by atoms with E-state index in [1.54, 1.807) is 6.92 Å². The van der Waals surface area contributed by atoms with Crippen molar-refractivity contribution in [1.82, 2.24) is 5.43 Å². The molecule has 0 saturated heterocycles. The van der Waals surface area contributed by atoms with E-state index in [1.807, 2.05) is 13.8 Å². The largest absolute Gasteiger partial charge is 0.481 e. The van der Waals surface area contributed by atoms with Crippen molar-refractivity contribution in [2.24, 2.45) is 22.7 Å². The zero-order valence-corrected chi connectivity index (χ0v) is 10.6. The first-order valence-electron chi connectivity index (χ1n) is 5.63. The summed E-state index contributed by atoms with van der Waals surface area (Å²) in [6.45, 7) is 5.78. The van der Waals surface area contributed by atoms with Crippen molar-refractivity contribution in [3.05, 3.63) is 0 Å². The van der Waals surface area contributed by atoms with Gasteiger partial charge in [-0.3, -0.25) is 4.79 Å². The number of nitrogens with two attached hydrogens (primary N) is 1. The summed E-state index contributed by atoms with van der Waals surface area (Å²) >= 11 is 0. The van der Waals surface area contributed by atoms with Crippen LogP contribution in [0, 0.1) is 11.8 Å². The number of urea groups is 1. The van der Waals surface area contributed by atoms with Gasteiger partial charge in [0.1, 0.15) is 0 Å². The summed E-state index contributed by atoms with van der Waals surface area (Å²) in [5, 5.41) is 12.5. The van der Waals surface area contributed by atoms with Crippen molar-refractivity contribution in [2.45, 2.75) is 40.0 Å². The summed E-state index contributed by atoms with van der Waals surface area (Å²) < 4.78 is 0. The van der Waals surface area contributed by atoms with E-state index in [2.05, 4.69) is 10.5 Å². The first-order chi connectivity index (χ1) is 7.82. The summed E-state index contributed by atoms with van der Waals surface area (Å²) in [6.07, 6.45) is 1.55. The fourth-order valence-corrected chi connectivity index (χ4v) is 1.50. The van der Waals surface area contributed by atoms with E-state index < -0.39 is 12.0 Å². The standard InChI is InChI=1S/C11H21N3O3/c1-7(2)9(6-10(15)16)5-4-8(3)13-14-11(12)17/h7,9H,4-6H2,1-3H3,(H,15,16)(H3,12,14,17)/b13-8-/t9-/m1/s1. The molecule has 0 radical (unpaired) electrons. The van der Waals surface area contributed by atoms with E-state index in [0.29, 0.717) is 12.3 Å². The van der Waals surface area contributed by atoms with Crippen molar-refractivity contribution < 1.29 is 14.7 Å². The Morgan fingerprint density at radius 2 is 2.00 bits per heavy atom. The molecule has 0 aliphatic heterocycles. The van der Waals surface area contributed by atoms with Crippen LogP contribution in [0.4, 0.5) is 4.79 Å². The molecule has 0 aromatic rings. The summed E-state index contributed by atoms with van der Waals surface area (Å²) in [5.74, 6) is -0.359. The molecule has 6 heteroatoms. The predicted molar refractivity (Wildman–Crippen MR) is 65.6 cm³/mol. The van der Waals surface area contributed by atoms with Crippen molar-refractivity contribution >= 4 is 17.7 Å². The van der Waals surface area contributed by atoms with Crippen molar-refractivity contribution in [3.63, 3.8) is 0 Å². The molecule has 0 aromatic heterocycles. The first-order valence-corrected chi connectivity index (χ1v) is 5.63. The minimum absolute atomic E-state index is 0.117. The number of carboxylic acids is 1. The van der Waals surface area contributed by atoms with Crippen LogP contribution in [-0.2, 0) is 4.79 Å². The highest BCUT2D eigenvalue weighted by Gasteiger charge is 2.17. The van der Waals surface area contributed by atoms with Gasteiger partial charge >= 0.3 is 12.0 Å². The molecule has 0 heterocycles. The monoisotopic (exact) mass is 243 g/mol. The lowest BCUT2D eigenvalue weighted by atomic mass is 9.88. The van der Waals surface area contributed by atoms with E-state index >= 15 is 0 Å². The molecule has 0 unspecified atom stereocenters. The fourth-order valence-electron chi connectivity index (χ4n) is 1.50. The van der Waals surface area contributed by atoms with Gasteiger partial charge in [0.25, 0.3) is 0 Å². The maximum Gasteiger partial charge on any atom is 0.332 e. The Bertz CT molecular complexity index is 300. The molecule has 0 aliphatic carbocycles. The molecule has 1 atom stereocenters. The maximum absolute atomic E-state index is 10.7. The summed E-state index contributed by atoms with van der Waals surface area (Å²) in [7, 11) is 0. The smallest absolute Gasteiger partial charge is 0.332 e. The van der Waals surface area contributed by atoms with Crippen LogP contribution in [-0.4, -0.2) is 22.8 Å². The molecule has 0 fully saturated rings. The number of nitrogens with one attached hydrogen (secondary N) is 1. The number of rotatable bonds is 7. The van der Waals surface area contributed by atoms with Crippen LogP contribution in [0.3, 0.4) is 0 Å². The lowest BCUT2D eigenvalue weighted by Crippen LogP contribution is -2.25. The minimum atomic E-state index is -0.784. The van der Waals surface area contributed by atoms with Crippen LogP contribution >= 0.6 is 0 Å². The number of hydrazone groups is 1. The lowest BCUT2D eigenvalue weighted by molar-refractivity contribution is -0.138. The summed E-state index contributed by atoms with van der Waals surface area (Å²) in [5.41, 5.74) is 7.76. The molecule has 17 heavy (non-hydrogen) atoms. The molecule has 0 bridgehead atoms. The number of aliphatic carboxylic acids is 1. The van der Waals surface area contributed by atoms with Gasteiger partial charge in [-0.1, -0.05) is 13.8 Å². The topological polar surface area (TPSA) is 105 Å². The lowest BCUT2D eigenvalue weighted by Gasteiger charge is -2.18. The molecule has 0 rings (SSSR count). The van der Waals surface area contributed by atoms with Gasteiger partial charge in [-0.25, -0.2) is 10.2 Å².